The van der Waals surface area contributed by atoms with Gasteiger partial charge in [-0.15, -0.1) is 0 Å². The minimum atomic E-state index is -1.15. The van der Waals surface area contributed by atoms with E-state index in [4.69, 9.17) is 0 Å². The van der Waals surface area contributed by atoms with E-state index in [1.54, 1.807) is 38.2 Å². The number of pyridine rings is 1. The van der Waals surface area contributed by atoms with E-state index >= 15 is 0 Å². The highest BCUT2D eigenvalue weighted by Gasteiger charge is 2.38. The number of anilines is 1. The largest absolute Gasteiger partial charge is 0.345 e. The Kier molecular flexibility index (Phi) is 6.14. The smallest absolute Gasteiger partial charge is 0.239 e. The topological polar surface area (TPSA) is 62.3 Å². The van der Waals surface area contributed by atoms with E-state index in [0.717, 1.165) is 28.8 Å². The van der Waals surface area contributed by atoms with E-state index in [1.165, 1.54) is 0 Å². The van der Waals surface area contributed by atoms with Crippen molar-refractivity contribution in [2.75, 3.05) is 18.9 Å². The quantitative estimate of drug-likeness (QED) is 0.810. The van der Waals surface area contributed by atoms with Crippen molar-refractivity contribution in [1.29, 1.82) is 0 Å². The predicted octanol–water partition coefficient (Wildman–Crippen LogP) is 3.36. The molecule has 2 aromatic rings. The Morgan fingerprint density at radius 3 is 2.42 bits per heavy atom. The first kappa shape index (κ1) is 19.6. The molecular formula is C21H27N3O2. The second-order valence-corrected chi connectivity index (χ2v) is 7.16. The first-order valence-electron chi connectivity index (χ1n) is 8.75. The lowest BCUT2D eigenvalue weighted by atomic mass is 9.90. The molecule has 1 N–H and O–H groups in total. The summed E-state index contributed by atoms with van der Waals surface area (Å²) in [6.07, 6.45) is 4.19. The number of aromatic nitrogens is 1. The lowest BCUT2D eigenvalue weighted by Crippen LogP contribution is -2.46. The van der Waals surface area contributed by atoms with Gasteiger partial charge in [0.25, 0.3) is 0 Å². The standard InChI is InChI=1S/C21H27N3O2/c1-15-7-6-8-18(16(15)2)23-19(25)21(3,4)20(26)24(5)14-11-17-9-12-22-13-10-17/h6-10,12-13H,11,14H2,1-5H3,(H,23,25). The average molecular weight is 353 g/mol. The van der Waals surface area contributed by atoms with Gasteiger partial charge in [-0.3, -0.25) is 14.6 Å². The summed E-state index contributed by atoms with van der Waals surface area (Å²) in [5, 5.41) is 2.91. The molecule has 2 amide bonds. The first-order valence-corrected chi connectivity index (χ1v) is 8.75. The molecule has 0 spiro atoms. The fourth-order valence-corrected chi connectivity index (χ4v) is 2.69. The Morgan fingerprint density at radius 2 is 1.77 bits per heavy atom. The molecule has 0 radical (unpaired) electrons. The summed E-state index contributed by atoms with van der Waals surface area (Å²) in [7, 11) is 1.73. The Morgan fingerprint density at radius 1 is 1.12 bits per heavy atom. The molecule has 5 nitrogen and oxygen atoms in total. The second kappa shape index (κ2) is 8.13. The number of carbonyl (C=O) groups is 2. The summed E-state index contributed by atoms with van der Waals surface area (Å²) in [6.45, 7) is 7.83. The summed E-state index contributed by atoms with van der Waals surface area (Å²) in [6, 6.07) is 9.60. The maximum atomic E-state index is 12.8. The third-order valence-corrected chi connectivity index (χ3v) is 4.79. The van der Waals surface area contributed by atoms with Crippen LogP contribution in [0, 0.1) is 19.3 Å². The van der Waals surface area contributed by atoms with Gasteiger partial charge in [0.15, 0.2) is 0 Å². The van der Waals surface area contributed by atoms with Crippen molar-refractivity contribution in [3.63, 3.8) is 0 Å². The average Bonchev–Trinajstić information content (AvgIpc) is 2.63. The molecule has 0 fully saturated rings. The van der Waals surface area contributed by atoms with Gasteiger partial charge >= 0.3 is 0 Å². The number of hydrogen-bond donors (Lipinski definition) is 1. The number of likely N-dealkylation sites (N-methyl/N-ethyl adjacent to an activating group) is 1. The zero-order valence-electron chi connectivity index (χ0n) is 16.2. The van der Waals surface area contributed by atoms with Gasteiger partial charge in [-0.2, -0.15) is 0 Å². The lowest BCUT2D eigenvalue weighted by molar-refractivity contribution is -0.145. The Bertz CT molecular complexity index is 785. The number of aryl methyl sites for hydroxylation is 1. The van der Waals surface area contributed by atoms with Crippen molar-refractivity contribution in [2.45, 2.75) is 34.1 Å². The number of nitrogens with zero attached hydrogens (tertiary/aromatic N) is 2. The van der Waals surface area contributed by atoms with Crippen LogP contribution in [0.3, 0.4) is 0 Å². The normalized spacial score (nSPS) is 11.1. The predicted molar refractivity (Wildman–Crippen MR) is 104 cm³/mol. The number of amides is 2. The lowest BCUT2D eigenvalue weighted by Gasteiger charge is -2.28. The van der Waals surface area contributed by atoms with Crippen LogP contribution in [0.4, 0.5) is 5.69 Å². The van der Waals surface area contributed by atoms with Crippen LogP contribution in [-0.4, -0.2) is 35.3 Å². The molecule has 0 saturated carbocycles. The van der Waals surface area contributed by atoms with Crippen molar-refractivity contribution >= 4 is 17.5 Å². The maximum absolute atomic E-state index is 12.8. The van der Waals surface area contributed by atoms with Crippen LogP contribution in [0.25, 0.3) is 0 Å². The van der Waals surface area contributed by atoms with Crippen LogP contribution in [0.2, 0.25) is 0 Å². The van der Waals surface area contributed by atoms with Crippen LogP contribution in [0.5, 0.6) is 0 Å². The number of benzene rings is 1. The molecule has 0 unspecified atom stereocenters. The zero-order chi connectivity index (χ0) is 19.3. The molecule has 2 rings (SSSR count). The number of nitrogens with one attached hydrogen (secondary N) is 1. The van der Waals surface area contributed by atoms with Gasteiger partial charge in [-0.1, -0.05) is 12.1 Å². The molecule has 1 aromatic heterocycles. The molecule has 0 aliphatic rings. The van der Waals surface area contributed by atoms with E-state index in [0.29, 0.717) is 6.54 Å². The van der Waals surface area contributed by atoms with Crippen LogP contribution in [0.15, 0.2) is 42.7 Å². The minimum Gasteiger partial charge on any atom is -0.345 e. The molecule has 0 bridgehead atoms. The summed E-state index contributed by atoms with van der Waals surface area (Å²) in [4.78, 5) is 31.2. The van der Waals surface area contributed by atoms with Gasteiger partial charge in [0.05, 0.1) is 0 Å². The van der Waals surface area contributed by atoms with E-state index in [9.17, 15) is 9.59 Å². The van der Waals surface area contributed by atoms with E-state index in [2.05, 4.69) is 10.3 Å². The zero-order valence-corrected chi connectivity index (χ0v) is 16.2. The monoisotopic (exact) mass is 353 g/mol. The van der Waals surface area contributed by atoms with Gasteiger partial charge in [0, 0.05) is 31.7 Å². The molecule has 0 aliphatic heterocycles. The number of hydrogen-bond acceptors (Lipinski definition) is 3. The highest BCUT2D eigenvalue weighted by Crippen LogP contribution is 2.24. The molecule has 0 saturated heterocycles. The van der Waals surface area contributed by atoms with Crippen LogP contribution in [0.1, 0.15) is 30.5 Å². The Labute approximate surface area is 155 Å². The fourth-order valence-electron chi connectivity index (χ4n) is 2.69. The summed E-state index contributed by atoms with van der Waals surface area (Å²) < 4.78 is 0. The van der Waals surface area contributed by atoms with E-state index < -0.39 is 5.41 Å². The van der Waals surface area contributed by atoms with Gasteiger partial charge in [-0.25, -0.2) is 0 Å². The second-order valence-electron chi connectivity index (χ2n) is 7.16. The summed E-state index contributed by atoms with van der Waals surface area (Å²) in [5.74, 6) is -0.499. The highest BCUT2D eigenvalue weighted by molar-refractivity contribution is 6.10. The Hall–Kier alpha value is -2.69. The van der Waals surface area contributed by atoms with Crippen molar-refractivity contribution < 1.29 is 9.59 Å². The third kappa shape index (κ3) is 4.48. The Balaban J connectivity index is 2.03. The fraction of sp³-hybridized carbons (Fsp3) is 0.381. The summed E-state index contributed by atoms with van der Waals surface area (Å²) >= 11 is 0. The molecule has 1 heterocycles. The molecule has 5 heteroatoms. The highest BCUT2D eigenvalue weighted by atomic mass is 16.2. The number of carbonyl (C=O) groups excluding carboxylic acids is 2. The molecule has 0 aliphatic carbocycles. The maximum Gasteiger partial charge on any atom is 0.239 e. The van der Waals surface area contributed by atoms with Gasteiger partial charge in [-0.05, 0) is 69.0 Å². The number of rotatable bonds is 6. The summed E-state index contributed by atoms with van der Waals surface area (Å²) in [5.41, 5.74) is 2.81. The van der Waals surface area contributed by atoms with Crippen LogP contribution < -0.4 is 5.32 Å². The van der Waals surface area contributed by atoms with Crippen LogP contribution in [-0.2, 0) is 16.0 Å². The molecule has 26 heavy (non-hydrogen) atoms. The first-order chi connectivity index (χ1) is 12.2. The van der Waals surface area contributed by atoms with Crippen molar-refractivity contribution in [3.8, 4) is 0 Å². The van der Waals surface area contributed by atoms with Crippen molar-refractivity contribution in [1.82, 2.24) is 9.88 Å². The van der Waals surface area contributed by atoms with E-state index in [1.807, 2.05) is 44.2 Å². The van der Waals surface area contributed by atoms with Crippen molar-refractivity contribution in [3.05, 3.63) is 59.4 Å². The van der Waals surface area contributed by atoms with Gasteiger partial charge in [0.1, 0.15) is 5.41 Å². The SMILES string of the molecule is Cc1cccc(NC(=O)C(C)(C)C(=O)N(C)CCc2ccncc2)c1C. The minimum absolute atomic E-state index is 0.200. The van der Waals surface area contributed by atoms with Gasteiger partial charge < -0.3 is 10.2 Å². The molecule has 138 valence electrons. The molecule has 1 aromatic carbocycles. The molecular weight excluding hydrogens is 326 g/mol. The third-order valence-electron chi connectivity index (χ3n) is 4.79. The van der Waals surface area contributed by atoms with Crippen LogP contribution >= 0.6 is 0 Å². The van der Waals surface area contributed by atoms with Gasteiger partial charge in [0.2, 0.25) is 11.8 Å². The molecule has 0 atom stereocenters. The van der Waals surface area contributed by atoms with Crippen molar-refractivity contribution in [2.24, 2.45) is 5.41 Å². The van der Waals surface area contributed by atoms with E-state index in [-0.39, 0.29) is 11.8 Å².